The smallest absolute Gasteiger partial charge is 0.160 e. The zero-order chi connectivity index (χ0) is 14.0. The lowest BCUT2D eigenvalue weighted by Gasteiger charge is -2.21. The molecule has 0 fully saturated rings. The first-order valence-electron chi connectivity index (χ1n) is 5.95. The highest BCUT2D eigenvalue weighted by molar-refractivity contribution is 9.10. The van der Waals surface area contributed by atoms with Crippen molar-refractivity contribution in [1.29, 1.82) is 0 Å². The Morgan fingerprint density at radius 3 is 2.63 bits per heavy atom. The first-order chi connectivity index (χ1) is 9.04. The molecule has 0 bridgehead atoms. The summed E-state index contributed by atoms with van der Waals surface area (Å²) in [6.07, 6.45) is 1.64. The molecular weight excluding hydrogens is 311 g/mol. The second kappa shape index (κ2) is 5.75. The van der Waals surface area contributed by atoms with E-state index >= 15 is 0 Å². The molecule has 0 aliphatic heterocycles. The molecule has 0 radical (unpaired) electrons. The van der Waals surface area contributed by atoms with Crippen molar-refractivity contribution < 1.29 is 8.81 Å². The molecule has 2 aromatic rings. The van der Waals surface area contributed by atoms with Gasteiger partial charge in [0.25, 0.3) is 0 Å². The number of anilines is 1. The fourth-order valence-corrected chi connectivity index (χ4v) is 2.44. The summed E-state index contributed by atoms with van der Waals surface area (Å²) in [5.41, 5.74) is 7.89. The van der Waals surface area contributed by atoms with E-state index in [0.29, 0.717) is 23.2 Å². The van der Waals surface area contributed by atoms with Crippen LogP contribution in [0, 0.1) is 12.7 Å². The van der Waals surface area contributed by atoms with Gasteiger partial charge in [0.15, 0.2) is 5.82 Å². The van der Waals surface area contributed by atoms with E-state index < -0.39 is 0 Å². The van der Waals surface area contributed by atoms with E-state index in [1.165, 1.54) is 0 Å². The molecule has 102 valence electrons. The van der Waals surface area contributed by atoms with Gasteiger partial charge in [-0.1, -0.05) is 6.07 Å². The molecule has 0 saturated carbocycles. The van der Waals surface area contributed by atoms with Crippen LogP contribution in [0.1, 0.15) is 16.9 Å². The minimum absolute atomic E-state index is 0.286. The average Bonchev–Trinajstić information content (AvgIpc) is 2.78. The van der Waals surface area contributed by atoms with Gasteiger partial charge in [-0.2, -0.15) is 0 Å². The Bertz CT molecular complexity index is 583. The number of benzene rings is 1. The number of aryl methyl sites for hydroxylation is 1. The summed E-state index contributed by atoms with van der Waals surface area (Å²) in [5, 5.41) is 0. The predicted molar refractivity (Wildman–Crippen MR) is 77.5 cm³/mol. The van der Waals surface area contributed by atoms with Crippen LogP contribution in [0.3, 0.4) is 0 Å². The van der Waals surface area contributed by atoms with Gasteiger partial charge in [-0.15, -0.1) is 0 Å². The molecule has 5 heteroatoms. The summed E-state index contributed by atoms with van der Waals surface area (Å²) in [4.78, 5) is 1.85. The zero-order valence-corrected chi connectivity index (χ0v) is 12.5. The second-order valence-corrected chi connectivity index (χ2v) is 5.23. The Morgan fingerprint density at radius 1 is 1.32 bits per heavy atom. The molecule has 0 saturated heterocycles. The molecule has 0 amide bonds. The Kier molecular flexibility index (Phi) is 4.27. The largest absolute Gasteiger partial charge is 0.469 e. The fraction of sp³-hybridized carbons (Fsp3) is 0.286. The second-order valence-electron chi connectivity index (χ2n) is 4.43. The molecule has 1 aromatic carbocycles. The molecule has 0 aliphatic carbocycles. The summed E-state index contributed by atoms with van der Waals surface area (Å²) < 4.78 is 19.9. The lowest BCUT2D eigenvalue weighted by molar-refractivity contribution is 0.529. The van der Waals surface area contributed by atoms with Gasteiger partial charge in [-0.05, 0) is 40.5 Å². The molecule has 2 N–H and O–H groups in total. The summed E-state index contributed by atoms with van der Waals surface area (Å²) in [5.74, 6) is 0.566. The maximum absolute atomic E-state index is 14.3. The lowest BCUT2D eigenvalue weighted by atomic mass is 10.1. The van der Waals surface area contributed by atoms with E-state index in [1.54, 1.807) is 12.3 Å². The molecule has 0 spiro atoms. The van der Waals surface area contributed by atoms with Gasteiger partial charge < -0.3 is 15.1 Å². The highest BCUT2D eigenvalue weighted by atomic mass is 79.9. The molecule has 2 rings (SSSR count). The maximum atomic E-state index is 14.3. The number of halogens is 2. The van der Waals surface area contributed by atoms with E-state index in [0.717, 1.165) is 16.9 Å². The molecule has 0 unspecified atom stereocenters. The maximum Gasteiger partial charge on any atom is 0.160 e. The van der Waals surface area contributed by atoms with Crippen molar-refractivity contribution in [1.82, 2.24) is 0 Å². The van der Waals surface area contributed by atoms with Crippen LogP contribution in [0.2, 0.25) is 0 Å². The normalized spacial score (nSPS) is 10.8. The van der Waals surface area contributed by atoms with Gasteiger partial charge >= 0.3 is 0 Å². The molecule has 19 heavy (non-hydrogen) atoms. The van der Waals surface area contributed by atoms with E-state index in [2.05, 4.69) is 15.9 Å². The van der Waals surface area contributed by atoms with Crippen molar-refractivity contribution in [2.45, 2.75) is 20.0 Å². The van der Waals surface area contributed by atoms with Gasteiger partial charge in [0.1, 0.15) is 5.76 Å². The van der Waals surface area contributed by atoms with Crippen LogP contribution in [0.4, 0.5) is 10.1 Å². The highest BCUT2D eigenvalue weighted by Crippen LogP contribution is 2.29. The standard InChI is InChI=1S/C14H16BrFN2O/c1-9-11(5-6-19-9)8-18(2)12-4-3-10(7-17)13(15)14(12)16/h3-6H,7-8,17H2,1-2H3. The molecule has 0 atom stereocenters. The number of hydrogen-bond acceptors (Lipinski definition) is 3. The van der Waals surface area contributed by atoms with Crippen molar-refractivity contribution in [2.24, 2.45) is 5.73 Å². The molecule has 1 heterocycles. The third kappa shape index (κ3) is 2.82. The monoisotopic (exact) mass is 326 g/mol. The lowest BCUT2D eigenvalue weighted by Crippen LogP contribution is -2.18. The van der Waals surface area contributed by atoms with Crippen LogP contribution in [-0.2, 0) is 13.1 Å². The van der Waals surface area contributed by atoms with Crippen LogP contribution >= 0.6 is 15.9 Å². The van der Waals surface area contributed by atoms with E-state index in [-0.39, 0.29) is 5.82 Å². The average molecular weight is 327 g/mol. The van der Waals surface area contributed by atoms with E-state index in [4.69, 9.17) is 10.2 Å². The minimum Gasteiger partial charge on any atom is -0.469 e. The molecule has 0 aliphatic rings. The summed E-state index contributed by atoms with van der Waals surface area (Å²) in [6.45, 7) is 2.79. The topological polar surface area (TPSA) is 42.4 Å². The third-order valence-corrected chi connectivity index (χ3v) is 4.00. The number of rotatable bonds is 4. The van der Waals surface area contributed by atoms with Crippen LogP contribution in [0.5, 0.6) is 0 Å². The summed E-state index contributed by atoms with van der Waals surface area (Å²) in [6, 6.07) is 5.48. The van der Waals surface area contributed by atoms with Crippen molar-refractivity contribution in [2.75, 3.05) is 11.9 Å². The van der Waals surface area contributed by atoms with Gasteiger partial charge in [-0.3, -0.25) is 0 Å². The Balaban J connectivity index is 2.27. The highest BCUT2D eigenvalue weighted by Gasteiger charge is 2.15. The Hall–Kier alpha value is -1.33. The number of nitrogens with two attached hydrogens (primary N) is 1. The number of furan rings is 1. The van der Waals surface area contributed by atoms with Crippen molar-refractivity contribution in [3.8, 4) is 0 Å². The fourth-order valence-electron chi connectivity index (χ4n) is 1.95. The molecule has 1 aromatic heterocycles. The van der Waals surface area contributed by atoms with Gasteiger partial charge in [-0.25, -0.2) is 4.39 Å². The van der Waals surface area contributed by atoms with Crippen LogP contribution in [0.25, 0.3) is 0 Å². The Labute approximate surface area is 120 Å². The van der Waals surface area contributed by atoms with E-state index in [9.17, 15) is 4.39 Å². The van der Waals surface area contributed by atoms with Gasteiger partial charge in [0.05, 0.1) is 16.4 Å². The van der Waals surface area contributed by atoms with Crippen LogP contribution in [-0.4, -0.2) is 7.05 Å². The Morgan fingerprint density at radius 2 is 2.05 bits per heavy atom. The van der Waals surface area contributed by atoms with E-state index in [1.807, 2.05) is 31.0 Å². The van der Waals surface area contributed by atoms with Crippen LogP contribution < -0.4 is 10.6 Å². The molecule has 3 nitrogen and oxygen atoms in total. The van der Waals surface area contributed by atoms with Crippen LogP contribution in [0.15, 0.2) is 33.4 Å². The first kappa shape index (κ1) is 14.1. The quantitative estimate of drug-likeness (QED) is 0.933. The first-order valence-corrected chi connectivity index (χ1v) is 6.75. The SMILES string of the molecule is Cc1occc1CN(C)c1ccc(CN)c(Br)c1F. The minimum atomic E-state index is -0.286. The number of hydrogen-bond donors (Lipinski definition) is 1. The summed E-state index contributed by atoms with van der Waals surface area (Å²) >= 11 is 3.25. The van der Waals surface area contributed by atoms with Gasteiger partial charge in [0, 0.05) is 25.7 Å². The predicted octanol–water partition coefficient (Wildman–Crippen LogP) is 3.58. The third-order valence-electron chi connectivity index (χ3n) is 3.15. The van der Waals surface area contributed by atoms with Crippen molar-refractivity contribution >= 4 is 21.6 Å². The van der Waals surface area contributed by atoms with Gasteiger partial charge in [0.2, 0.25) is 0 Å². The number of nitrogens with zero attached hydrogens (tertiary/aromatic N) is 1. The summed E-state index contributed by atoms with van der Waals surface area (Å²) in [7, 11) is 1.85. The van der Waals surface area contributed by atoms with Crippen molar-refractivity contribution in [3.63, 3.8) is 0 Å². The zero-order valence-electron chi connectivity index (χ0n) is 10.9. The van der Waals surface area contributed by atoms with Crippen molar-refractivity contribution in [3.05, 3.63) is 51.6 Å². The molecular formula is C14H16BrFN2O.